The van der Waals surface area contributed by atoms with E-state index in [-0.39, 0.29) is 25.0 Å². The second kappa shape index (κ2) is 9.88. The lowest BCUT2D eigenvalue weighted by Crippen LogP contribution is -2.42. The van der Waals surface area contributed by atoms with Crippen LogP contribution >= 0.6 is 15.9 Å². The Labute approximate surface area is 147 Å². The zero-order chi connectivity index (χ0) is 18.2. The summed E-state index contributed by atoms with van der Waals surface area (Å²) in [6.45, 7) is 2.59. The third-order valence-electron chi connectivity index (χ3n) is 2.97. The van der Waals surface area contributed by atoms with Gasteiger partial charge in [-0.05, 0) is 36.6 Å². The van der Waals surface area contributed by atoms with Crippen molar-refractivity contribution in [1.82, 2.24) is 5.32 Å². The first-order chi connectivity index (χ1) is 11.2. The van der Waals surface area contributed by atoms with Crippen LogP contribution in [0, 0.1) is 5.92 Å². The summed E-state index contributed by atoms with van der Waals surface area (Å²) in [5, 5.41) is 2.66. The zero-order valence-corrected chi connectivity index (χ0v) is 15.1. The van der Waals surface area contributed by atoms with Crippen molar-refractivity contribution in [3.05, 3.63) is 28.7 Å². The Kier molecular flexibility index (Phi) is 8.55. The van der Waals surface area contributed by atoms with E-state index in [9.17, 15) is 18.0 Å². The fourth-order valence-electron chi connectivity index (χ4n) is 1.83. The van der Waals surface area contributed by atoms with Gasteiger partial charge in [0, 0.05) is 17.6 Å². The molecular formula is C16H21BrF3NO3. The molecule has 0 aliphatic heterocycles. The summed E-state index contributed by atoms with van der Waals surface area (Å²) in [6.07, 6.45) is -4.71. The van der Waals surface area contributed by atoms with Crippen LogP contribution in [0.25, 0.3) is 0 Å². The van der Waals surface area contributed by atoms with E-state index < -0.39 is 18.9 Å². The summed E-state index contributed by atoms with van der Waals surface area (Å²) in [5.41, 5.74) is 0. The number of alkyl halides is 3. The molecule has 0 fully saturated rings. The van der Waals surface area contributed by atoms with Gasteiger partial charge < -0.3 is 14.8 Å². The molecule has 0 aliphatic carbocycles. The van der Waals surface area contributed by atoms with Crippen LogP contribution in [0.5, 0.6) is 5.75 Å². The van der Waals surface area contributed by atoms with Crippen molar-refractivity contribution in [3.63, 3.8) is 0 Å². The van der Waals surface area contributed by atoms with Crippen LogP contribution < -0.4 is 10.1 Å². The number of hydrogen-bond donors (Lipinski definition) is 1. The second-order valence-corrected chi connectivity index (χ2v) is 6.46. The number of carbonyl (C=O) groups excluding carboxylic acids is 1. The number of benzene rings is 1. The van der Waals surface area contributed by atoms with E-state index in [1.807, 2.05) is 26.0 Å². The maximum atomic E-state index is 12.2. The first kappa shape index (κ1) is 20.8. The Bertz CT molecular complexity index is 506. The maximum Gasteiger partial charge on any atom is 0.411 e. The van der Waals surface area contributed by atoms with Gasteiger partial charge in [-0.15, -0.1) is 0 Å². The molecule has 1 unspecified atom stereocenters. The summed E-state index contributed by atoms with van der Waals surface area (Å²) >= 11 is 3.32. The van der Waals surface area contributed by atoms with Crippen molar-refractivity contribution in [1.29, 1.82) is 0 Å². The molecule has 8 heteroatoms. The van der Waals surface area contributed by atoms with Gasteiger partial charge in [-0.3, -0.25) is 4.79 Å². The minimum absolute atomic E-state index is 0.0601. The largest absolute Gasteiger partial charge is 0.480 e. The van der Waals surface area contributed by atoms with E-state index in [0.29, 0.717) is 12.2 Å². The van der Waals surface area contributed by atoms with Gasteiger partial charge in [0.15, 0.2) is 6.10 Å². The SMILES string of the molecule is CC(C)C(Oc1ccc(Br)cc1)C(=O)NCCCOCC(F)(F)F. The molecular weight excluding hydrogens is 391 g/mol. The van der Waals surface area contributed by atoms with E-state index in [1.54, 1.807) is 12.1 Å². The molecule has 1 atom stereocenters. The molecule has 1 amide bonds. The molecule has 0 saturated carbocycles. The van der Waals surface area contributed by atoms with Crippen molar-refractivity contribution in [3.8, 4) is 5.75 Å². The average molecular weight is 412 g/mol. The molecule has 24 heavy (non-hydrogen) atoms. The van der Waals surface area contributed by atoms with Crippen LogP contribution in [0.1, 0.15) is 20.3 Å². The first-order valence-corrected chi connectivity index (χ1v) is 8.33. The van der Waals surface area contributed by atoms with Crippen LogP contribution in [0.4, 0.5) is 13.2 Å². The quantitative estimate of drug-likeness (QED) is 0.626. The Morgan fingerprint density at radius 3 is 2.42 bits per heavy atom. The highest BCUT2D eigenvalue weighted by molar-refractivity contribution is 9.10. The van der Waals surface area contributed by atoms with Gasteiger partial charge in [-0.1, -0.05) is 29.8 Å². The van der Waals surface area contributed by atoms with Crippen LogP contribution in [-0.2, 0) is 9.53 Å². The fraction of sp³-hybridized carbons (Fsp3) is 0.562. The minimum atomic E-state index is -4.33. The molecule has 0 saturated heterocycles. The lowest BCUT2D eigenvalue weighted by atomic mass is 10.1. The van der Waals surface area contributed by atoms with Crippen molar-refractivity contribution in [2.75, 3.05) is 19.8 Å². The predicted molar refractivity (Wildman–Crippen MR) is 87.9 cm³/mol. The Morgan fingerprint density at radius 2 is 1.88 bits per heavy atom. The van der Waals surface area contributed by atoms with Gasteiger partial charge in [-0.25, -0.2) is 0 Å². The number of nitrogens with one attached hydrogen (secondary N) is 1. The van der Waals surface area contributed by atoms with Crippen LogP contribution in [-0.4, -0.2) is 37.9 Å². The monoisotopic (exact) mass is 411 g/mol. The van der Waals surface area contributed by atoms with E-state index in [1.165, 1.54) is 0 Å². The second-order valence-electron chi connectivity index (χ2n) is 5.55. The first-order valence-electron chi connectivity index (χ1n) is 7.53. The van der Waals surface area contributed by atoms with E-state index in [4.69, 9.17) is 4.74 Å². The molecule has 0 aliphatic rings. The number of halogens is 4. The van der Waals surface area contributed by atoms with Crippen molar-refractivity contribution < 1.29 is 27.4 Å². The Hall–Kier alpha value is -1.28. The van der Waals surface area contributed by atoms with Crippen LogP contribution in [0.2, 0.25) is 0 Å². The Morgan fingerprint density at radius 1 is 1.25 bits per heavy atom. The number of carbonyl (C=O) groups is 1. The molecule has 0 spiro atoms. The Balaban J connectivity index is 2.37. The molecule has 1 aromatic rings. The maximum absolute atomic E-state index is 12.2. The minimum Gasteiger partial charge on any atom is -0.480 e. The normalized spacial score (nSPS) is 13.0. The topological polar surface area (TPSA) is 47.6 Å². The number of rotatable bonds is 9. The van der Waals surface area contributed by atoms with Gasteiger partial charge >= 0.3 is 6.18 Å². The number of amides is 1. The molecule has 4 nitrogen and oxygen atoms in total. The standard InChI is InChI=1S/C16H21BrF3NO3/c1-11(2)14(24-13-6-4-12(17)5-7-13)15(22)21-8-3-9-23-10-16(18,19)20/h4-7,11,14H,3,8-10H2,1-2H3,(H,21,22). The summed E-state index contributed by atoms with van der Waals surface area (Å²) in [7, 11) is 0. The van der Waals surface area contributed by atoms with Crippen molar-refractivity contribution in [2.45, 2.75) is 32.5 Å². The molecule has 0 bridgehead atoms. The smallest absolute Gasteiger partial charge is 0.411 e. The molecule has 1 rings (SSSR count). The number of hydrogen-bond acceptors (Lipinski definition) is 3. The molecule has 1 aromatic carbocycles. The molecule has 136 valence electrons. The fourth-order valence-corrected chi connectivity index (χ4v) is 2.09. The molecule has 0 radical (unpaired) electrons. The van der Waals surface area contributed by atoms with Crippen molar-refractivity contribution >= 4 is 21.8 Å². The molecule has 0 heterocycles. The van der Waals surface area contributed by atoms with Gasteiger partial charge in [0.05, 0.1) is 0 Å². The summed E-state index contributed by atoms with van der Waals surface area (Å²) in [4.78, 5) is 12.2. The third kappa shape index (κ3) is 8.54. The lowest BCUT2D eigenvalue weighted by molar-refractivity contribution is -0.174. The van der Waals surface area contributed by atoms with Gasteiger partial charge in [-0.2, -0.15) is 13.2 Å². The summed E-state index contributed by atoms with van der Waals surface area (Å²) in [5.74, 6) is 0.208. The van der Waals surface area contributed by atoms with Gasteiger partial charge in [0.25, 0.3) is 5.91 Å². The summed E-state index contributed by atoms with van der Waals surface area (Å²) < 4.78 is 46.8. The summed E-state index contributed by atoms with van der Waals surface area (Å²) in [6, 6.07) is 7.11. The zero-order valence-electron chi connectivity index (χ0n) is 13.5. The van der Waals surface area contributed by atoms with Crippen LogP contribution in [0.3, 0.4) is 0 Å². The third-order valence-corrected chi connectivity index (χ3v) is 3.50. The number of ether oxygens (including phenoxy) is 2. The highest BCUT2D eigenvalue weighted by Crippen LogP contribution is 2.19. The van der Waals surface area contributed by atoms with E-state index in [2.05, 4.69) is 26.0 Å². The van der Waals surface area contributed by atoms with E-state index >= 15 is 0 Å². The lowest BCUT2D eigenvalue weighted by Gasteiger charge is -2.22. The van der Waals surface area contributed by atoms with Gasteiger partial charge in [0.1, 0.15) is 12.4 Å². The molecule has 1 N–H and O–H groups in total. The van der Waals surface area contributed by atoms with Gasteiger partial charge in [0.2, 0.25) is 0 Å². The predicted octanol–water partition coefficient (Wildman–Crippen LogP) is 3.94. The molecule has 0 aromatic heterocycles. The highest BCUT2D eigenvalue weighted by atomic mass is 79.9. The van der Waals surface area contributed by atoms with Crippen LogP contribution in [0.15, 0.2) is 28.7 Å². The van der Waals surface area contributed by atoms with Crippen molar-refractivity contribution in [2.24, 2.45) is 5.92 Å². The average Bonchev–Trinajstić information content (AvgIpc) is 2.48. The highest BCUT2D eigenvalue weighted by Gasteiger charge is 2.27. The van der Waals surface area contributed by atoms with E-state index in [0.717, 1.165) is 4.47 Å².